The maximum atomic E-state index is 12.3. The molecule has 3 heteroatoms. The molecule has 1 aromatic rings. The van der Waals surface area contributed by atoms with E-state index in [0.29, 0.717) is 6.54 Å². The lowest BCUT2D eigenvalue weighted by Crippen LogP contribution is -2.48. The number of aryl methyl sites for hydroxylation is 2. The van der Waals surface area contributed by atoms with Crippen LogP contribution in [-0.4, -0.2) is 24.5 Å². The Morgan fingerprint density at radius 1 is 1.22 bits per heavy atom. The van der Waals surface area contributed by atoms with Crippen LogP contribution < -0.4 is 10.2 Å². The van der Waals surface area contributed by atoms with Crippen molar-refractivity contribution in [1.29, 1.82) is 0 Å². The van der Waals surface area contributed by atoms with Gasteiger partial charge in [-0.15, -0.1) is 0 Å². The summed E-state index contributed by atoms with van der Waals surface area (Å²) in [4.78, 5) is 14.2. The van der Waals surface area contributed by atoms with E-state index in [9.17, 15) is 4.79 Å². The molecule has 1 N–H and O–H groups in total. The van der Waals surface area contributed by atoms with Crippen LogP contribution in [0.15, 0.2) is 18.2 Å². The second-order valence-electron chi connectivity index (χ2n) is 5.74. The first-order valence-electron chi connectivity index (χ1n) is 6.53. The first-order chi connectivity index (χ1) is 8.42. The minimum atomic E-state index is -0.137. The smallest absolute Gasteiger partial charge is 0.241 e. The fraction of sp³-hybridized carbons (Fsp3) is 0.533. The summed E-state index contributed by atoms with van der Waals surface area (Å²) < 4.78 is 0. The normalized spacial score (nSPS) is 19.8. The molecule has 0 bridgehead atoms. The average Bonchev–Trinajstić information content (AvgIpc) is 2.41. The second kappa shape index (κ2) is 4.73. The Morgan fingerprint density at radius 2 is 1.94 bits per heavy atom. The lowest BCUT2D eigenvalue weighted by Gasteiger charge is -2.37. The van der Waals surface area contributed by atoms with Crippen LogP contribution in [0.1, 0.15) is 31.4 Å². The van der Waals surface area contributed by atoms with E-state index in [4.69, 9.17) is 0 Å². The molecule has 0 unspecified atom stereocenters. The van der Waals surface area contributed by atoms with Gasteiger partial charge in [-0.1, -0.05) is 6.07 Å². The van der Waals surface area contributed by atoms with Crippen LogP contribution >= 0.6 is 0 Å². The molecule has 0 spiro atoms. The lowest BCUT2D eigenvalue weighted by molar-refractivity contribution is -0.118. The molecule has 1 amide bonds. The van der Waals surface area contributed by atoms with Gasteiger partial charge in [0.25, 0.3) is 0 Å². The molecular formula is C15H22N2O. The Bertz CT molecular complexity index is 466. The molecule has 3 nitrogen and oxygen atoms in total. The summed E-state index contributed by atoms with van der Waals surface area (Å²) in [6.45, 7) is 9.76. The Hall–Kier alpha value is -1.35. The molecule has 0 aromatic heterocycles. The number of hydrogen-bond donors (Lipinski definition) is 1. The zero-order chi connectivity index (χ0) is 13.3. The molecule has 0 atom stereocenters. The van der Waals surface area contributed by atoms with E-state index in [1.807, 2.05) is 11.0 Å². The van der Waals surface area contributed by atoms with Crippen molar-refractivity contribution in [2.45, 2.75) is 39.7 Å². The Kier molecular flexibility index (Phi) is 3.44. The molecular weight excluding hydrogens is 224 g/mol. The van der Waals surface area contributed by atoms with Crippen molar-refractivity contribution in [3.05, 3.63) is 29.3 Å². The van der Waals surface area contributed by atoms with E-state index < -0.39 is 0 Å². The Morgan fingerprint density at radius 3 is 2.61 bits per heavy atom. The van der Waals surface area contributed by atoms with Crippen LogP contribution in [0, 0.1) is 13.8 Å². The molecule has 98 valence electrons. The van der Waals surface area contributed by atoms with Crippen molar-refractivity contribution in [2.24, 2.45) is 0 Å². The SMILES string of the molecule is Cc1ccc(N2C(=O)CNCCC2(C)C)cc1C. The number of anilines is 1. The quantitative estimate of drug-likeness (QED) is 0.825. The minimum Gasteiger partial charge on any atom is -0.308 e. The van der Waals surface area contributed by atoms with E-state index in [2.05, 4.69) is 45.1 Å². The van der Waals surface area contributed by atoms with Crippen molar-refractivity contribution in [3.63, 3.8) is 0 Å². The fourth-order valence-electron chi connectivity index (χ4n) is 2.48. The number of carbonyl (C=O) groups is 1. The third kappa shape index (κ3) is 2.41. The topological polar surface area (TPSA) is 32.3 Å². The van der Waals surface area contributed by atoms with Crippen LogP contribution in [0.5, 0.6) is 0 Å². The summed E-state index contributed by atoms with van der Waals surface area (Å²) in [5.41, 5.74) is 3.37. The molecule has 1 aromatic carbocycles. The third-order valence-electron chi connectivity index (χ3n) is 3.79. The van der Waals surface area contributed by atoms with Crippen LogP contribution in [0.3, 0.4) is 0 Å². The van der Waals surface area contributed by atoms with Gasteiger partial charge in [-0.25, -0.2) is 0 Å². The molecule has 0 aliphatic carbocycles. The summed E-state index contributed by atoms with van der Waals surface area (Å²) in [6.07, 6.45) is 0.964. The van der Waals surface area contributed by atoms with Crippen molar-refractivity contribution < 1.29 is 4.79 Å². The highest BCUT2D eigenvalue weighted by Crippen LogP contribution is 2.29. The third-order valence-corrected chi connectivity index (χ3v) is 3.79. The molecule has 1 aliphatic rings. The van der Waals surface area contributed by atoms with Gasteiger partial charge in [-0.3, -0.25) is 4.79 Å². The second-order valence-corrected chi connectivity index (χ2v) is 5.74. The van der Waals surface area contributed by atoms with Crippen molar-refractivity contribution in [1.82, 2.24) is 5.32 Å². The molecule has 0 radical (unpaired) electrons. The number of nitrogens with one attached hydrogen (secondary N) is 1. The molecule has 0 saturated carbocycles. The predicted molar refractivity (Wildman–Crippen MR) is 75.0 cm³/mol. The number of carbonyl (C=O) groups excluding carboxylic acids is 1. The van der Waals surface area contributed by atoms with Gasteiger partial charge in [0.05, 0.1) is 6.54 Å². The van der Waals surface area contributed by atoms with Crippen LogP contribution in [-0.2, 0) is 4.79 Å². The number of nitrogens with zero attached hydrogens (tertiary/aromatic N) is 1. The lowest BCUT2D eigenvalue weighted by atomic mass is 9.97. The van der Waals surface area contributed by atoms with Gasteiger partial charge in [-0.2, -0.15) is 0 Å². The summed E-state index contributed by atoms with van der Waals surface area (Å²) in [5.74, 6) is 0.153. The van der Waals surface area contributed by atoms with Crippen molar-refractivity contribution in [3.8, 4) is 0 Å². The first-order valence-corrected chi connectivity index (χ1v) is 6.53. The fourth-order valence-corrected chi connectivity index (χ4v) is 2.48. The first kappa shape index (κ1) is 13.1. The van der Waals surface area contributed by atoms with Gasteiger partial charge in [-0.05, 0) is 63.9 Å². The number of hydrogen-bond acceptors (Lipinski definition) is 2. The summed E-state index contributed by atoms with van der Waals surface area (Å²) in [6, 6.07) is 6.25. The van der Waals surface area contributed by atoms with Gasteiger partial charge < -0.3 is 10.2 Å². The standard InChI is InChI=1S/C15H22N2O/c1-11-5-6-13(9-12(11)2)17-14(18)10-16-8-7-15(17,3)4/h5-6,9,16H,7-8,10H2,1-4H3. The van der Waals surface area contributed by atoms with E-state index in [-0.39, 0.29) is 11.4 Å². The van der Waals surface area contributed by atoms with Gasteiger partial charge in [0.1, 0.15) is 0 Å². The van der Waals surface area contributed by atoms with Crippen molar-refractivity contribution in [2.75, 3.05) is 18.0 Å². The van der Waals surface area contributed by atoms with Crippen LogP contribution in [0.4, 0.5) is 5.69 Å². The summed E-state index contributed by atoms with van der Waals surface area (Å²) in [5, 5.41) is 3.19. The maximum Gasteiger partial charge on any atom is 0.241 e. The molecule has 1 heterocycles. The van der Waals surface area contributed by atoms with Gasteiger partial charge in [0, 0.05) is 11.2 Å². The zero-order valence-electron chi connectivity index (χ0n) is 11.7. The molecule has 18 heavy (non-hydrogen) atoms. The highest BCUT2D eigenvalue weighted by molar-refractivity contribution is 5.96. The van der Waals surface area contributed by atoms with Gasteiger partial charge >= 0.3 is 0 Å². The maximum absolute atomic E-state index is 12.3. The molecule has 2 rings (SSSR count). The summed E-state index contributed by atoms with van der Waals surface area (Å²) in [7, 11) is 0. The molecule has 1 aliphatic heterocycles. The van der Waals surface area contributed by atoms with E-state index in [0.717, 1.165) is 18.7 Å². The Labute approximate surface area is 109 Å². The highest BCUT2D eigenvalue weighted by atomic mass is 16.2. The zero-order valence-corrected chi connectivity index (χ0v) is 11.7. The minimum absolute atomic E-state index is 0.137. The summed E-state index contributed by atoms with van der Waals surface area (Å²) >= 11 is 0. The van der Waals surface area contributed by atoms with Crippen LogP contribution in [0.25, 0.3) is 0 Å². The number of rotatable bonds is 1. The van der Waals surface area contributed by atoms with Crippen molar-refractivity contribution >= 4 is 11.6 Å². The van der Waals surface area contributed by atoms with E-state index in [1.165, 1.54) is 11.1 Å². The number of benzene rings is 1. The predicted octanol–water partition coefficient (Wildman–Crippen LogP) is 2.41. The number of amides is 1. The Balaban J connectivity index is 2.43. The largest absolute Gasteiger partial charge is 0.308 e. The van der Waals surface area contributed by atoms with E-state index >= 15 is 0 Å². The van der Waals surface area contributed by atoms with Gasteiger partial charge in [0.15, 0.2) is 0 Å². The monoisotopic (exact) mass is 246 g/mol. The van der Waals surface area contributed by atoms with E-state index in [1.54, 1.807) is 0 Å². The molecule has 1 fully saturated rings. The highest BCUT2D eigenvalue weighted by Gasteiger charge is 2.33. The molecule has 1 saturated heterocycles. The van der Waals surface area contributed by atoms with Gasteiger partial charge in [0.2, 0.25) is 5.91 Å². The van der Waals surface area contributed by atoms with Crippen LogP contribution in [0.2, 0.25) is 0 Å². The average molecular weight is 246 g/mol.